The Balaban J connectivity index is 1.84. The minimum Gasteiger partial charge on any atom is -0.321 e. The van der Waals surface area contributed by atoms with E-state index in [0.29, 0.717) is 17.8 Å². The van der Waals surface area contributed by atoms with Gasteiger partial charge in [-0.25, -0.2) is 18.5 Å². The molecule has 25 heavy (non-hydrogen) atoms. The standard InChI is InChI=1S/C16H16N4O3S2/c1-2-13-14(19-16(24-13)20-9-3-4-10-20)15(21)18-11-5-7-12(8-6-11)25(17,22)23/h3-10H,2H2,1H3,(H,18,21)(H2,17,22,23). The summed E-state index contributed by atoms with van der Waals surface area (Å²) in [5, 5.41) is 8.51. The number of thiazole rings is 1. The molecule has 0 aliphatic heterocycles. The normalized spacial score (nSPS) is 11.4. The first-order chi connectivity index (χ1) is 11.9. The van der Waals surface area contributed by atoms with Crippen molar-refractivity contribution in [1.82, 2.24) is 9.55 Å². The fourth-order valence-electron chi connectivity index (χ4n) is 2.25. The van der Waals surface area contributed by atoms with Crippen molar-refractivity contribution in [3.8, 4) is 5.13 Å². The van der Waals surface area contributed by atoms with Gasteiger partial charge in [0.05, 0.1) is 4.90 Å². The average molecular weight is 376 g/mol. The Morgan fingerprint density at radius 1 is 1.24 bits per heavy atom. The second kappa shape index (κ2) is 6.79. The third kappa shape index (κ3) is 3.78. The van der Waals surface area contributed by atoms with Gasteiger partial charge in [-0.3, -0.25) is 4.79 Å². The van der Waals surface area contributed by atoms with Gasteiger partial charge in [-0.2, -0.15) is 0 Å². The number of carbonyl (C=O) groups excluding carboxylic acids is 1. The number of anilines is 1. The van der Waals surface area contributed by atoms with Gasteiger partial charge >= 0.3 is 0 Å². The Kier molecular flexibility index (Phi) is 4.71. The highest BCUT2D eigenvalue weighted by molar-refractivity contribution is 7.89. The zero-order valence-electron chi connectivity index (χ0n) is 13.3. The lowest BCUT2D eigenvalue weighted by molar-refractivity contribution is 0.102. The van der Waals surface area contributed by atoms with Crippen molar-refractivity contribution in [2.24, 2.45) is 5.14 Å². The highest BCUT2D eigenvalue weighted by Gasteiger charge is 2.18. The fraction of sp³-hybridized carbons (Fsp3) is 0.125. The zero-order chi connectivity index (χ0) is 18.0. The molecule has 2 heterocycles. The van der Waals surface area contributed by atoms with Crippen LogP contribution in [0.15, 0.2) is 53.7 Å². The van der Waals surface area contributed by atoms with Crippen LogP contribution < -0.4 is 10.5 Å². The van der Waals surface area contributed by atoms with Crippen molar-refractivity contribution in [3.05, 3.63) is 59.4 Å². The number of amides is 1. The van der Waals surface area contributed by atoms with Crippen LogP contribution in [0.1, 0.15) is 22.3 Å². The maximum atomic E-state index is 12.5. The van der Waals surface area contributed by atoms with E-state index in [-0.39, 0.29) is 10.8 Å². The summed E-state index contributed by atoms with van der Waals surface area (Å²) in [7, 11) is -3.76. The molecule has 3 rings (SSSR count). The molecule has 0 radical (unpaired) electrons. The van der Waals surface area contributed by atoms with Crippen molar-refractivity contribution in [2.45, 2.75) is 18.2 Å². The van der Waals surface area contributed by atoms with E-state index < -0.39 is 10.0 Å². The molecule has 130 valence electrons. The number of nitrogens with one attached hydrogen (secondary N) is 1. The molecule has 0 unspecified atom stereocenters. The fourth-order valence-corrected chi connectivity index (χ4v) is 3.73. The van der Waals surface area contributed by atoms with Crippen molar-refractivity contribution in [2.75, 3.05) is 5.32 Å². The topological polar surface area (TPSA) is 107 Å². The number of nitrogens with zero attached hydrogens (tertiary/aromatic N) is 2. The summed E-state index contributed by atoms with van der Waals surface area (Å²) in [6.07, 6.45) is 4.42. The third-order valence-electron chi connectivity index (χ3n) is 3.49. The van der Waals surface area contributed by atoms with Crippen LogP contribution in [0.25, 0.3) is 5.13 Å². The molecule has 0 aliphatic rings. The summed E-state index contributed by atoms with van der Waals surface area (Å²) < 4.78 is 24.4. The Hall–Kier alpha value is -2.49. The van der Waals surface area contributed by atoms with E-state index in [1.807, 2.05) is 36.0 Å². The van der Waals surface area contributed by atoms with Gasteiger partial charge in [-0.1, -0.05) is 6.92 Å². The van der Waals surface area contributed by atoms with E-state index in [1.54, 1.807) is 0 Å². The average Bonchev–Trinajstić information content (AvgIpc) is 3.23. The summed E-state index contributed by atoms with van der Waals surface area (Å²) in [4.78, 5) is 17.8. The molecule has 2 aromatic heterocycles. The summed E-state index contributed by atoms with van der Waals surface area (Å²) in [5.74, 6) is -0.338. The predicted molar refractivity (Wildman–Crippen MR) is 96.6 cm³/mol. The molecule has 0 spiro atoms. The number of sulfonamides is 1. The number of primary sulfonamides is 1. The van der Waals surface area contributed by atoms with Crippen LogP contribution in [0.2, 0.25) is 0 Å². The Bertz CT molecular complexity index is 991. The van der Waals surface area contributed by atoms with Crippen LogP contribution in [0.3, 0.4) is 0 Å². The number of aromatic nitrogens is 2. The molecule has 0 bridgehead atoms. The first-order valence-corrected chi connectivity index (χ1v) is 9.82. The number of nitrogens with two attached hydrogens (primary N) is 1. The smallest absolute Gasteiger partial charge is 0.275 e. The molecule has 9 heteroatoms. The predicted octanol–water partition coefficient (Wildman–Crippen LogP) is 2.40. The van der Waals surface area contributed by atoms with E-state index in [0.717, 1.165) is 10.0 Å². The maximum absolute atomic E-state index is 12.5. The van der Waals surface area contributed by atoms with E-state index in [4.69, 9.17) is 5.14 Å². The van der Waals surface area contributed by atoms with Gasteiger partial charge < -0.3 is 9.88 Å². The monoisotopic (exact) mass is 376 g/mol. The molecule has 3 aromatic rings. The zero-order valence-corrected chi connectivity index (χ0v) is 15.0. The summed E-state index contributed by atoms with van der Waals surface area (Å²) in [6, 6.07) is 9.44. The Morgan fingerprint density at radius 3 is 2.44 bits per heavy atom. The molecule has 3 N–H and O–H groups in total. The minimum absolute atomic E-state index is 0.0108. The lowest BCUT2D eigenvalue weighted by atomic mass is 10.2. The molecule has 0 atom stereocenters. The Morgan fingerprint density at radius 2 is 1.88 bits per heavy atom. The molecule has 1 aromatic carbocycles. The van der Waals surface area contributed by atoms with Crippen LogP contribution in [0, 0.1) is 0 Å². The van der Waals surface area contributed by atoms with Crippen LogP contribution >= 0.6 is 11.3 Å². The molecule has 0 saturated heterocycles. The first-order valence-electron chi connectivity index (χ1n) is 7.45. The summed E-state index contributed by atoms with van der Waals surface area (Å²) in [5.41, 5.74) is 0.835. The second-order valence-corrected chi connectivity index (χ2v) is 7.86. The number of aryl methyl sites for hydroxylation is 1. The molecular formula is C16H16N4O3S2. The van der Waals surface area contributed by atoms with Crippen LogP contribution in [0.4, 0.5) is 5.69 Å². The quantitative estimate of drug-likeness (QED) is 0.713. The maximum Gasteiger partial charge on any atom is 0.275 e. The number of carbonyl (C=O) groups is 1. The van der Waals surface area contributed by atoms with Gasteiger partial charge in [-0.15, -0.1) is 11.3 Å². The van der Waals surface area contributed by atoms with Crippen LogP contribution in [-0.2, 0) is 16.4 Å². The van der Waals surface area contributed by atoms with Gasteiger partial charge in [0, 0.05) is 23.0 Å². The summed E-state index contributed by atoms with van der Waals surface area (Å²) >= 11 is 1.46. The van der Waals surface area contributed by atoms with Gasteiger partial charge in [0.1, 0.15) is 5.69 Å². The lowest BCUT2D eigenvalue weighted by Crippen LogP contribution is -2.15. The van der Waals surface area contributed by atoms with Crippen molar-refractivity contribution in [1.29, 1.82) is 0 Å². The van der Waals surface area contributed by atoms with Gasteiger partial charge in [0.25, 0.3) is 5.91 Å². The minimum atomic E-state index is -3.76. The molecule has 0 aliphatic carbocycles. The summed E-state index contributed by atoms with van der Waals surface area (Å²) in [6.45, 7) is 1.96. The Labute approximate surface area is 149 Å². The van der Waals surface area contributed by atoms with Crippen molar-refractivity contribution >= 4 is 33.0 Å². The van der Waals surface area contributed by atoms with E-state index in [1.165, 1.54) is 35.6 Å². The highest BCUT2D eigenvalue weighted by Crippen LogP contribution is 2.24. The molecule has 7 nitrogen and oxygen atoms in total. The molecule has 0 fully saturated rings. The van der Waals surface area contributed by atoms with Gasteiger partial charge in [0.15, 0.2) is 5.13 Å². The highest BCUT2D eigenvalue weighted by atomic mass is 32.2. The molecule has 0 saturated carbocycles. The van der Waals surface area contributed by atoms with Crippen LogP contribution in [-0.4, -0.2) is 23.9 Å². The van der Waals surface area contributed by atoms with Gasteiger partial charge in [0.2, 0.25) is 10.0 Å². The molecular weight excluding hydrogens is 360 g/mol. The largest absolute Gasteiger partial charge is 0.321 e. The number of benzene rings is 1. The van der Waals surface area contributed by atoms with Gasteiger partial charge in [-0.05, 0) is 42.8 Å². The van der Waals surface area contributed by atoms with E-state index >= 15 is 0 Å². The molecule has 1 amide bonds. The lowest BCUT2D eigenvalue weighted by Gasteiger charge is -2.05. The number of hydrogen-bond donors (Lipinski definition) is 2. The number of rotatable bonds is 5. The third-order valence-corrected chi connectivity index (χ3v) is 5.63. The van der Waals surface area contributed by atoms with Crippen LogP contribution in [0.5, 0.6) is 0 Å². The van der Waals surface area contributed by atoms with E-state index in [9.17, 15) is 13.2 Å². The van der Waals surface area contributed by atoms with E-state index in [2.05, 4.69) is 10.3 Å². The SMILES string of the molecule is CCc1sc(-n2cccc2)nc1C(=O)Nc1ccc(S(N)(=O)=O)cc1. The second-order valence-electron chi connectivity index (χ2n) is 5.24. The van der Waals surface area contributed by atoms with Crippen molar-refractivity contribution in [3.63, 3.8) is 0 Å². The van der Waals surface area contributed by atoms with Crippen molar-refractivity contribution < 1.29 is 13.2 Å². The number of hydrogen-bond acceptors (Lipinski definition) is 5. The first kappa shape index (κ1) is 17.3.